The van der Waals surface area contributed by atoms with Crippen LogP contribution in [0.1, 0.15) is 0 Å². The Morgan fingerprint density at radius 2 is 0.893 bits per heavy atom. The first-order valence-electron chi connectivity index (χ1n) is 19.0. The molecule has 0 bridgehead atoms. The van der Waals surface area contributed by atoms with Gasteiger partial charge in [0.2, 0.25) is 0 Å². The molecule has 0 unspecified atom stereocenters. The van der Waals surface area contributed by atoms with E-state index >= 15 is 0 Å². The molecular weight excluding hydrogens is 683 g/mol. The molecule has 2 heterocycles. The second-order valence-corrected chi connectivity index (χ2v) is 14.2. The van der Waals surface area contributed by atoms with E-state index in [1.165, 1.54) is 21.8 Å². The van der Waals surface area contributed by atoms with Gasteiger partial charge in [0, 0.05) is 61.1 Å². The monoisotopic (exact) mass is 717 g/mol. The SMILES string of the molecule is c1ccc(N(c2cccc(N(c3ccccc3)c3cccc4c3ccc3oc5ccccc5c34)c2)c2ccc3c(c2)c2ccccc2n3-c2ccccc2)cc1. The third-order valence-corrected chi connectivity index (χ3v) is 10.9. The molecule has 0 spiro atoms. The van der Waals surface area contributed by atoms with Crippen LogP contribution in [0.2, 0.25) is 0 Å². The average Bonchev–Trinajstić information content (AvgIpc) is 3.81. The van der Waals surface area contributed by atoms with Crippen molar-refractivity contribution in [2.45, 2.75) is 0 Å². The Balaban J connectivity index is 1.11. The summed E-state index contributed by atoms with van der Waals surface area (Å²) >= 11 is 0. The van der Waals surface area contributed by atoms with Crippen molar-refractivity contribution in [2.24, 2.45) is 0 Å². The first-order valence-corrected chi connectivity index (χ1v) is 19.0. The number of anilines is 6. The molecule has 0 saturated carbocycles. The molecule has 0 fully saturated rings. The van der Waals surface area contributed by atoms with Gasteiger partial charge in [-0.25, -0.2) is 0 Å². The Morgan fingerprint density at radius 1 is 0.321 bits per heavy atom. The van der Waals surface area contributed by atoms with E-state index < -0.39 is 0 Å². The predicted molar refractivity (Wildman–Crippen MR) is 235 cm³/mol. The molecule has 4 nitrogen and oxygen atoms in total. The van der Waals surface area contributed by atoms with Crippen molar-refractivity contribution in [3.63, 3.8) is 0 Å². The molecule has 0 radical (unpaired) electrons. The minimum atomic E-state index is 0.895. The van der Waals surface area contributed by atoms with Crippen LogP contribution in [-0.2, 0) is 0 Å². The molecule has 4 heteroatoms. The topological polar surface area (TPSA) is 24.6 Å². The number of nitrogens with zero attached hydrogens (tertiary/aromatic N) is 3. The Labute approximate surface area is 324 Å². The molecule has 0 amide bonds. The molecule has 0 N–H and O–H groups in total. The summed E-state index contributed by atoms with van der Waals surface area (Å²) in [5.41, 5.74) is 11.8. The molecule has 11 aromatic rings. The minimum Gasteiger partial charge on any atom is -0.456 e. The van der Waals surface area contributed by atoms with Crippen LogP contribution in [0.3, 0.4) is 0 Å². The number of fused-ring (bicyclic) bond motifs is 8. The van der Waals surface area contributed by atoms with E-state index in [9.17, 15) is 0 Å². The van der Waals surface area contributed by atoms with Gasteiger partial charge in [-0.2, -0.15) is 0 Å². The van der Waals surface area contributed by atoms with Gasteiger partial charge in [-0.1, -0.05) is 109 Å². The van der Waals surface area contributed by atoms with E-state index in [-0.39, 0.29) is 0 Å². The lowest BCUT2D eigenvalue weighted by atomic mass is 10.0. The fourth-order valence-corrected chi connectivity index (χ4v) is 8.51. The van der Waals surface area contributed by atoms with Crippen LogP contribution in [0.15, 0.2) is 217 Å². The second-order valence-electron chi connectivity index (χ2n) is 14.2. The molecule has 0 aliphatic carbocycles. The third kappa shape index (κ3) is 5.15. The van der Waals surface area contributed by atoms with Crippen LogP contribution < -0.4 is 9.80 Å². The van der Waals surface area contributed by atoms with Crippen molar-refractivity contribution in [3.8, 4) is 5.69 Å². The highest BCUT2D eigenvalue weighted by Gasteiger charge is 2.21. The Morgan fingerprint density at radius 3 is 1.68 bits per heavy atom. The highest BCUT2D eigenvalue weighted by molar-refractivity contribution is 6.21. The van der Waals surface area contributed by atoms with Gasteiger partial charge < -0.3 is 18.8 Å². The quantitative estimate of drug-likeness (QED) is 0.164. The van der Waals surface area contributed by atoms with Crippen LogP contribution in [0.4, 0.5) is 34.1 Å². The summed E-state index contributed by atoms with van der Waals surface area (Å²) in [4.78, 5) is 4.74. The van der Waals surface area contributed by atoms with Crippen molar-refractivity contribution < 1.29 is 4.42 Å². The summed E-state index contributed by atoms with van der Waals surface area (Å²) in [7, 11) is 0. The molecule has 0 aliphatic heterocycles. The Bertz CT molecular complexity index is 3200. The molecule has 0 aliphatic rings. The van der Waals surface area contributed by atoms with Gasteiger partial charge >= 0.3 is 0 Å². The van der Waals surface area contributed by atoms with Crippen molar-refractivity contribution in [1.82, 2.24) is 4.57 Å². The number of furan rings is 1. The summed E-state index contributed by atoms with van der Waals surface area (Å²) in [5.74, 6) is 0. The van der Waals surface area contributed by atoms with E-state index in [1.54, 1.807) is 0 Å². The van der Waals surface area contributed by atoms with Crippen LogP contribution >= 0.6 is 0 Å². The van der Waals surface area contributed by atoms with Crippen molar-refractivity contribution in [2.75, 3.05) is 9.80 Å². The van der Waals surface area contributed by atoms with Gasteiger partial charge in [0.1, 0.15) is 11.2 Å². The number of hydrogen-bond donors (Lipinski definition) is 0. The molecule has 11 rings (SSSR count). The fraction of sp³-hybridized carbons (Fsp3) is 0. The largest absolute Gasteiger partial charge is 0.456 e. The minimum absolute atomic E-state index is 0.895. The predicted octanol–water partition coefficient (Wildman–Crippen LogP) is 14.8. The number of para-hydroxylation sites is 5. The van der Waals surface area contributed by atoms with E-state index in [0.717, 1.165) is 72.5 Å². The van der Waals surface area contributed by atoms with E-state index in [0.29, 0.717) is 0 Å². The highest BCUT2D eigenvalue weighted by atomic mass is 16.3. The molecule has 2 aromatic heterocycles. The molecule has 0 atom stereocenters. The standard InChI is InChI=1S/C52H35N3O/c1-4-16-36(17-5-1)53(41-30-32-49-46(35-41)42-24-10-12-27-48(42)55(49)38-20-8-3-9-21-38)39-22-14-23-40(34-39)54(37-18-6-2-7-19-37)47-28-15-26-44-43(47)31-33-51-52(44)45-25-11-13-29-50(45)56-51/h1-35H. The van der Waals surface area contributed by atoms with Gasteiger partial charge in [0.25, 0.3) is 0 Å². The lowest BCUT2D eigenvalue weighted by molar-refractivity contribution is 0.669. The van der Waals surface area contributed by atoms with Gasteiger partial charge in [0.05, 0.1) is 16.7 Å². The fourth-order valence-electron chi connectivity index (χ4n) is 8.51. The smallest absolute Gasteiger partial charge is 0.136 e. The van der Waals surface area contributed by atoms with Crippen LogP contribution in [0.5, 0.6) is 0 Å². The summed E-state index contributed by atoms with van der Waals surface area (Å²) in [5, 5.41) is 7.01. The van der Waals surface area contributed by atoms with Crippen molar-refractivity contribution >= 4 is 88.6 Å². The summed E-state index contributed by atoms with van der Waals surface area (Å²) in [6.07, 6.45) is 0. The maximum atomic E-state index is 6.31. The number of aromatic nitrogens is 1. The first-order chi connectivity index (χ1) is 27.8. The van der Waals surface area contributed by atoms with Crippen LogP contribution in [0, 0.1) is 0 Å². The molecule has 9 aromatic carbocycles. The normalized spacial score (nSPS) is 11.6. The average molecular weight is 718 g/mol. The zero-order valence-corrected chi connectivity index (χ0v) is 30.5. The van der Waals surface area contributed by atoms with Gasteiger partial charge in [0.15, 0.2) is 0 Å². The number of rotatable bonds is 7. The highest BCUT2D eigenvalue weighted by Crippen LogP contribution is 2.45. The maximum Gasteiger partial charge on any atom is 0.136 e. The van der Waals surface area contributed by atoms with Crippen LogP contribution in [0.25, 0.3) is 60.2 Å². The van der Waals surface area contributed by atoms with Crippen LogP contribution in [-0.4, -0.2) is 4.57 Å². The number of benzene rings is 9. The molecule has 56 heavy (non-hydrogen) atoms. The molecular formula is C52H35N3O. The lowest BCUT2D eigenvalue weighted by Crippen LogP contribution is -2.13. The third-order valence-electron chi connectivity index (χ3n) is 10.9. The maximum absolute atomic E-state index is 6.31. The Hall–Kier alpha value is -7.56. The zero-order chi connectivity index (χ0) is 37.0. The first kappa shape index (κ1) is 31.9. The number of hydrogen-bond acceptors (Lipinski definition) is 3. The van der Waals surface area contributed by atoms with Gasteiger partial charge in [-0.3, -0.25) is 0 Å². The second kappa shape index (κ2) is 13.1. The van der Waals surface area contributed by atoms with Gasteiger partial charge in [-0.05, 0) is 109 Å². The molecule has 0 saturated heterocycles. The summed E-state index contributed by atoms with van der Waals surface area (Å²) in [6, 6.07) is 75.6. The zero-order valence-electron chi connectivity index (χ0n) is 30.5. The van der Waals surface area contributed by atoms with Crippen molar-refractivity contribution in [1.29, 1.82) is 0 Å². The van der Waals surface area contributed by atoms with Crippen molar-refractivity contribution in [3.05, 3.63) is 212 Å². The van der Waals surface area contributed by atoms with E-state index in [1.807, 2.05) is 12.1 Å². The summed E-state index contributed by atoms with van der Waals surface area (Å²) < 4.78 is 8.68. The van der Waals surface area contributed by atoms with E-state index in [4.69, 9.17) is 4.42 Å². The summed E-state index contributed by atoms with van der Waals surface area (Å²) in [6.45, 7) is 0. The lowest BCUT2D eigenvalue weighted by Gasteiger charge is -2.30. The Kier molecular flexibility index (Phi) is 7.46. The molecule has 264 valence electrons. The van der Waals surface area contributed by atoms with Gasteiger partial charge in [-0.15, -0.1) is 0 Å². The van der Waals surface area contributed by atoms with E-state index in [2.05, 4.69) is 215 Å².